The lowest BCUT2D eigenvalue weighted by Crippen LogP contribution is -2.47. The quantitative estimate of drug-likeness (QED) is 0.217. The van der Waals surface area contributed by atoms with Crippen molar-refractivity contribution in [3.8, 4) is 11.3 Å². The van der Waals surface area contributed by atoms with Gasteiger partial charge in [0, 0.05) is 48.1 Å². The largest absolute Gasteiger partial charge is 0.325 e. The molecule has 5 heterocycles. The average Bonchev–Trinajstić information content (AvgIpc) is 3.35. The molecule has 43 heavy (non-hydrogen) atoms. The van der Waals surface area contributed by atoms with E-state index >= 15 is 0 Å². The highest BCUT2D eigenvalue weighted by Crippen LogP contribution is 2.62. The number of fused-ring (bicyclic) bond motifs is 2. The van der Waals surface area contributed by atoms with Gasteiger partial charge in [-0.15, -0.1) is 0 Å². The van der Waals surface area contributed by atoms with E-state index in [0.717, 1.165) is 0 Å². The van der Waals surface area contributed by atoms with Crippen molar-refractivity contribution < 1.29 is 23.2 Å². The number of piperidine rings is 1. The Balaban J connectivity index is 1.31. The molecule has 222 valence electrons. The van der Waals surface area contributed by atoms with E-state index in [1.54, 1.807) is 44.4 Å². The second-order valence-corrected chi connectivity index (χ2v) is 12.0. The van der Waals surface area contributed by atoms with Crippen LogP contribution in [0.15, 0.2) is 41.4 Å². The van der Waals surface area contributed by atoms with Gasteiger partial charge in [0.15, 0.2) is 5.78 Å². The second-order valence-electron chi connectivity index (χ2n) is 11.2. The molecule has 1 saturated heterocycles. The first-order chi connectivity index (χ1) is 20.5. The van der Waals surface area contributed by atoms with Gasteiger partial charge in [-0.1, -0.05) is 6.07 Å². The number of aromatic nitrogens is 6. The van der Waals surface area contributed by atoms with E-state index in [-0.39, 0.29) is 24.4 Å². The van der Waals surface area contributed by atoms with Gasteiger partial charge < -0.3 is 10.2 Å². The SMILES string of the molecule is CC(=O)c1nn(CC(=O)N2[C@H](C(=O)Nc3nc(Br)ccc3C)C[C@@]3(CC(F)F)C[C@@H]23)c2cnc(-c3cnc(C)nc3)cc12. The van der Waals surface area contributed by atoms with Crippen molar-refractivity contribution >= 4 is 50.2 Å². The number of alkyl halides is 2. The average molecular weight is 653 g/mol. The Hall–Kier alpha value is -4.20. The normalized spacial score (nSPS) is 20.9. The number of hydrogen-bond donors (Lipinski definition) is 1. The zero-order chi connectivity index (χ0) is 30.6. The van der Waals surface area contributed by atoms with Crippen LogP contribution in [0.2, 0.25) is 0 Å². The minimum Gasteiger partial charge on any atom is -0.325 e. The van der Waals surface area contributed by atoms with Crippen LogP contribution in [0.3, 0.4) is 0 Å². The molecule has 0 bridgehead atoms. The van der Waals surface area contributed by atoms with Crippen LogP contribution in [0.4, 0.5) is 14.6 Å². The van der Waals surface area contributed by atoms with Crippen LogP contribution in [0, 0.1) is 19.3 Å². The predicted octanol–water partition coefficient (Wildman–Crippen LogP) is 4.52. The molecule has 0 spiro atoms. The number of anilines is 1. The fraction of sp³-hybridized carbons (Fsp3) is 0.379. The fourth-order valence-corrected chi connectivity index (χ4v) is 6.30. The lowest BCUT2D eigenvalue weighted by Gasteiger charge is -2.27. The van der Waals surface area contributed by atoms with Crippen molar-refractivity contribution in [2.75, 3.05) is 5.32 Å². The van der Waals surface area contributed by atoms with Crippen LogP contribution in [0.25, 0.3) is 22.2 Å². The number of amides is 2. The summed E-state index contributed by atoms with van der Waals surface area (Å²) in [7, 11) is 0. The Bertz CT molecular complexity index is 1780. The van der Waals surface area contributed by atoms with Crippen LogP contribution in [-0.4, -0.2) is 70.7 Å². The van der Waals surface area contributed by atoms with Crippen LogP contribution in [0.1, 0.15) is 48.1 Å². The lowest BCUT2D eigenvalue weighted by molar-refractivity contribution is -0.138. The molecule has 11 nitrogen and oxygen atoms in total. The van der Waals surface area contributed by atoms with E-state index in [9.17, 15) is 23.2 Å². The van der Waals surface area contributed by atoms with Crippen molar-refractivity contribution in [3.63, 3.8) is 0 Å². The first-order valence-electron chi connectivity index (χ1n) is 13.7. The van der Waals surface area contributed by atoms with E-state index in [1.807, 2.05) is 0 Å². The maximum absolute atomic E-state index is 13.9. The monoisotopic (exact) mass is 652 g/mol. The third-order valence-electron chi connectivity index (χ3n) is 8.21. The molecule has 0 radical (unpaired) electrons. The van der Waals surface area contributed by atoms with E-state index in [2.05, 4.69) is 46.3 Å². The molecule has 0 aromatic carbocycles. The number of likely N-dealkylation sites (tertiary alicyclic amines) is 1. The summed E-state index contributed by atoms with van der Waals surface area (Å²) in [5.74, 6) is -0.342. The summed E-state index contributed by atoms with van der Waals surface area (Å²) in [6, 6.07) is 3.74. The molecule has 4 aromatic heterocycles. The molecule has 2 amide bonds. The van der Waals surface area contributed by atoms with Gasteiger partial charge >= 0.3 is 0 Å². The molecule has 2 fully saturated rings. The van der Waals surface area contributed by atoms with Crippen LogP contribution < -0.4 is 5.32 Å². The Kier molecular flexibility index (Phi) is 7.27. The van der Waals surface area contributed by atoms with Gasteiger partial charge in [-0.25, -0.2) is 23.7 Å². The summed E-state index contributed by atoms with van der Waals surface area (Å²) in [5, 5.41) is 7.70. The maximum atomic E-state index is 13.9. The minimum absolute atomic E-state index is 0.120. The lowest BCUT2D eigenvalue weighted by atomic mass is 9.95. The van der Waals surface area contributed by atoms with E-state index in [0.29, 0.717) is 50.4 Å². The summed E-state index contributed by atoms with van der Waals surface area (Å²) < 4.78 is 29.0. The third-order valence-corrected chi connectivity index (χ3v) is 8.65. The first-order valence-corrected chi connectivity index (χ1v) is 14.4. The Morgan fingerprint density at radius 2 is 1.86 bits per heavy atom. The van der Waals surface area contributed by atoms with Crippen molar-refractivity contribution in [1.82, 2.24) is 34.6 Å². The summed E-state index contributed by atoms with van der Waals surface area (Å²) >= 11 is 3.29. The molecular weight excluding hydrogens is 626 g/mol. The maximum Gasteiger partial charge on any atom is 0.248 e. The van der Waals surface area contributed by atoms with E-state index in [1.165, 1.54) is 22.7 Å². The standard InChI is InChI=1S/C29H27BrF2N8O3/c1-14-4-5-23(30)36-27(14)37-28(43)20-7-29(9-24(31)32)8-22(29)40(20)25(42)13-39-21-12-35-19(17-10-33-16(3)34-11-17)6-18(21)26(38-39)15(2)41/h4-6,10-12,20,22,24H,7-9,13H2,1-3H3,(H,36,37,43)/t20-,22+,29-/m0/s1. The molecule has 1 aliphatic heterocycles. The summed E-state index contributed by atoms with van der Waals surface area (Å²) in [5.41, 5.74) is 1.67. The predicted molar refractivity (Wildman–Crippen MR) is 155 cm³/mol. The van der Waals surface area contributed by atoms with Gasteiger partial charge in [-0.2, -0.15) is 5.10 Å². The molecule has 4 aromatic rings. The van der Waals surface area contributed by atoms with Crippen LogP contribution >= 0.6 is 15.9 Å². The van der Waals surface area contributed by atoms with Gasteiger partial charge in [-0.05, 0) is 60.3 Å². The fourth-order valence-electron chi connectivity index (χ4n) is 5.99. The van der Waals surface area contributed by atoms with Gasteiger partial charge in [0.2, 0.25) is 18.2 Å². The number of hydrogen-bond acceptors (Lipinski definition) is 8. The van der Waals surface area contributed by atoms with Gasteiger partial charge in [-0.3, -0.25) is 24.0 Å². The first kappa shape index (κ1) is 28.9. The number of carbonyl (C=O) groups excluding carboxylic acids is 3. The Morgan fingerprint density at radius 1 is 1.12 bits per heavy atom. The van der Waals surface area contributed by atoms with Crippen LogP contribution in [-0.2, 0) is 16.1 Å². The summed E-state index contributed by atoms with van der Waals surface area (Å²) in [6.45, 7) is 4.62. The van der Waals surface area contributed by atoms with Gasteiger partial charge in [0.25, 0.3) is 0 Å². The zero-order valence-electron chi connectivity index (χ0n) is 23.5. The molecule has 3 atom stereocenters. The Labute approximate surface area is 253 Å². The molecule has 6 rings (SSSR count). The van der Waals surface area contributed by atoms with Crippen molar-refractivity contribution in [2.45, 2.75) is 65.1 Å². The molecule has 0 unspecified atom stereocenters. The number of Topliss-reactive ketones (excluding diaryl/α,β-unsaturated/α-hetero) is 1. The second kappa shape index (κ2) is 10.8. The molecule has 2 aliphatic rings. The van der Waals surface area contributed by atoms with E-state index in [4.69, 9.17) is 0 Å². The van der Waals surface area contributed by atoms with E-state index < -0.39 is 42.2 Å². The minimum atomic E-state index is -2.56. The molecule has 14 heteroatoms. The van der Waals surface area contributed by atoms with Gasteiger partial charge in [0.1, 0.15) is 34.5 Å². The van der Waals surface area contributed by atoms with Crippen molar-refractivity contribution in [2.24, 2.45) is 5.41 Å². The highest BCUT2D eigenvalue weighted by atomic mass is 79.9. The van der Waals surface area contributed by atoms with Crippen LogP contribution in [0.5, 0.6) is 0 Å². The topological polar surface area (TPSA) is 136 Å². The number of ketones is 1. The summed E-state index contributed by atoms with van der Waals surface area (Å²) in [6.07, 6.45) is 2.33. The molecule has 1 aliphatic carbocycles. The van der Waals surface area contributed by atoms with Crippen molar-refractivity contribution in [3.05, 3.63) is 58.5 Å². The Morgan fingerprint density at radius 3 is 2.56 bits per heavy atom. The number of rotatable bonds is 8. The molecule has 1 saturated carbocycles. The smallest absolute Gasteiger partial charge is 0.248 e. The van der Waals surface area contributed by atoms with Gasteiger partial charge in [0.05, 0.1) is 17.4 Å². The third kappa shape index (κ3) is 5.39. The number of carbonyl (C=O) groups is 3. The number of halogens is 3. The number of nitrogens with one attached hydrogen (secondary N) is 1. The molecule has 1 N–H and O–H groups in total. The highest BCUT2D eigenvalue weighted by molar-refractivity contribution is 9.10. The number of nitrogens with zero attached hydrogens (tertiary/aromatic N) is 7. The number of pyridine rings is 2. The van der Waals surface area contributed by atoms with Crippen molar-refractivity contribution in [1.29, 1.82) is 0 Å². The number of aryl methyl sites for hydroxylation is 2. The highest BCUT2D eigenvalue weighted by Gasteiger charge is 2.67. The zero-order valence-corrected chi connectivity index (χ0v) is 25.1. The molecular formula is C29H27BrF2N8O3. The summed E-state index contributed by atoms with van der Waals surface area (Å²) in [4.78, 5) is 58.5.